The zero-order chi connectivity index (χ0) is 11.7. The Morgan fingerprint density at radius 3 is 2.60 bits per heavy atom. The molecule has 0 amide bonds. The summed E-state index contributed by atoms with van der Waals surface area (Å²) in [7, 11) is 0. The molecule has 0 aromatic heterocycles. The zero-order valence-corrected chi connectivity index (χ0v) is 9.07. The monoisotopic (exact) mass is 214 g/mol. The highest BCUT2D eigenvalue weighted by Gasteiger charge is 2.15. The number of ether oxygens (including phenoxy) is 1. The predicted molar refractivity (Wildman–Crippen MR) is 56.3 cm³/mol. The summed E-state index contributed by atoms with van der Waals surface area (Å²) < 4.78 is 4.76. The number of carbonyl (C=O) groups excluding carboxylic acids is 2. The van der Waals surface area contributed by atoms with Gasteiger partial charge in [0.15, 0.2) is 11.9 Å². The van der Waals surface area contributed by atoms with Crippen molar-refractivity contribution < 1.29 is 19.4 Å². The minimum Gasteiger partial charge on any atom is -0.452 e. The molecule has 1 atom stereocenters. The predicted octanol–water partition coefficient (Wildman–Crippen LogP) is 1.23. The number of esters is 1. The van der Waals surface area contributed by atoms with E-state index < -0.39 is 12.1 Å². The van der Waals surface area contributed by atoms with E-state index in [0.717, 1.165) is 18.9 Å². The van der Waals surface area contributed by atoms with E-state index in [1.807, 2.05) is 0 Å². The summed E-state index contributed by atoms with van der Waals surface area (Å²) >= 11 is 0. The highest BCUT2D eigenvalue weighted by molar-refractivity contribution is 5.88. The van der Waals surface area contributed by atoms with Gasteiger partial charge < -0.3 is 9.84 Å². The lowest BCUT2D eigenvalue weighted by atomic mass is 10.1. The van der Waals surface area contributed by atoms with Crippen LogP contribution >= 0.6 is 0 Å². The number of Topliss-reactive ketones (excluding diaryl/α,β-unsaturated/α-hetero) is 1. The Morgan fingerprint density at radius 2 is 2.07 bits per heavy atom. The SMILES string of the molecule is C=CC(=O)OC(C)C(=O)CCCCCO. The second-order valence-corrected chi connectivity index (χ2v) is 3.28. The largest absolute Gasteiger partial charge is 0.452 e. The van der Waals surface area contributed by atoms with Gasteiger partial charge in [0.25, 0.3) is 0 Å². The van der Waals surface area contributed by atoms with Crippen molar-refractivity contribution in [1.82, 2.24) is 0 Å². The first-order valence-corrected chi connectivity index (χ1v) is 5.08. The molecule has 0 rings (SSSR count). The fourth-order valence-corrected chi connectivity index (χ4v) is 1.08. The van der Waals surface area contributed by atoms with Crippen molar-refractivity contribution >= 4 is 11.8 Å². The van der Waals surface area contributed by atoms with E-state index in [-0.39, 0.29) is 12.4 Å². The molecule has 0 radical (unpaired) electrons. The van der Waals surface area contributed by atoms with Crippen LogP contribution in [0.4, 0.5) is 0 Å². The summed E-state index contributed by atoms with van der Waals surface area (Å²) in [6.45, 7) is 4.95. The van der Waals surface area contributed by atoms with E-state index in [1.165, 1.54) is 0 Å². The van der Waals surface area contributed by atoms with Crippen LogP contribution in [0.5, 0.6) is 0 Å². The molecule has 1 unspecified atom stereocenters. The van der Waals surface area contributed by atoms with Crippen molar-refractivity contribution in [3.8, 4) is 0 Å². The fourth-order valence-electron chi connectivity index (χ4n) is 1.08. The molecule has 0 aromatic rings. The number of rotatable bonds is 8. The molecule has 15 heavy (non-hydrogen) atoms. The smallest absolute Gasteiger partial charge is 0.330 e. The number of carbonyl (C=O) groups is 2. The van der Waals surface area contributed by atoms with Gasteiger partial charge in [-0.2, -0.15) is 0 Å². The molecular weight excluding hydrogens is 196 g/mol. The fraction of sp³-hybridized carbons (Fsp3) is 0.636. The van der Waals surface area contributed by atoms with Gasteiger partial charge in [-0.3, -0.25) is 4.79 Å². The van der Waals surface area contributed by atoms with E-state index in [9.17, 15) is 9.59 Å². The Labute approximate surface area is 89.9 Å². The van der Waals surface area contributed by atoms with Crippen LogP contribution in [-0.4, -0.2) is 29.6 Å². The average Bonchev–Trinajstić information content (AvgIpc) is 2.23. The highest BCUT2D eigenvalue weighted by Crippen LogP contribution is 2.04. The summed E-state index contributed by atoms with van der Waals surface area (Å²) in [5.41, 5.74) is 0. The molecule has 0 aliphatic carbocycles. The lowest BCUT2D eigenvalue weighted by molar-refractivity contribution is -0.149. The van der Waals surface area contributed by atoms with E-state index in [1.54, 1.807) is 6.92 Å². The lowest BCUT2D eigenvalue weighted by Crippen LogP contribution is -2.23. The third-order valence-corrected chi connectivity index (χ3v) is 1.99. The first-order valence-electron chi connectivity index (χ1n) is 5.08. The van der Waals surface area contributed by atoms with Crippen LogP contribution in [0.1, 0.15) is 32.6 Å². The number of aliphatic hydroxyl groups is 1. The highest BCUT2D eigenvalue weighted by atomic mass is 16.5. The number of unbranched alkanes of at least 4 members (excludes halogenated alkanes) is 2. The minimum absolute atomic E-state index is 0.0943. The van der Waals surface area contributed by atoms with Gasteiger partial charge >= 0.3 is 5.97 Å². The molecule has 0 aliphatic rings. The maximum absolute atomic E-state index is 11.4. The molecule has 4 nitrogen and oxygen atoms in total. The van der Waals surface area contributed by atoms with Crippen LogP contribution in [0.15, 0.2) is 12.7 Å². The van der Waals surface area contributed by atoms with E-state index in [0.29, 0.717) is 12.8 Å². The quantitative estimate of drug-likeness (QED) is 0.375. The Bertz CT molecular complexity index is 223. The number of hydrogen-bond acceptors (Lipinski definition) is 4. The minimum atomic E-state index is -0.704. The summed E-state index contributed by atoms with van der Waals surface area (Å²) in [4.78, 5) is 22.2. The van der Waals surface area contributed by atoms with Gasteiger partial charge in [-0.05, 0) is 19.8 Å². The average molecular weight is 214 g/mol. The Kier molecular flexibility index (Phi) is 7.54. The number of aliphatic hydroxyl groups excluding tert-OH is 1. The second kappa shape index (κ2) is 8.17. The standard InChI is InChI=1S/C11H18O4/c1-3-11(14)15-9(2)10(13)7-5-4-6-8-12/h3,9,12H,1,4-8H2,2H3. The van der Waals surface area contributed by atoms with Gasteiger partial charge in [-0.1, -0.05) is 13.0 Å². The molecule has 0 saturated carbocycles. The van der Waals surface area contributed by atoms with Crippen molar-refractivity contribution in [2.75, 3.05) is 6.61 Å². The van der Waals surface area contributed by atoms with Gasteiger partial charge in [0.1, 0.15) is 0 Å². The van der Waals surface area contributed by atoms with Crippen LogP contribution in [0.25, 0.3) is 0 Å². The molecule has 0 aromatic carbocycles. The molecular formula is C11H18O4. The number of hydrogen-bond donors (Lipinski definition) is 1. The van der Waals surface area contributed by atoms with Crippen molar-refractivity contribution in [1.29, 1.82) is 0 Å². The van der Waals surface area contributed by atoms with E-state index >= 15 is 0 Å². The van der Waals surface area contributed by atoms with Gasteiger partial charge in [0, 0.05) is 19.1 Å². The Balaban J connectivity index is 3.69. The normalized spacial score (nSPS) is 11.9. The topological polar surface area (TPSA) is 63.6 Å². The molecule has 0 spiro atoms. The van der Waals surface area contributed by atoms with Crippen molar-refractivity contribution in [2.45, 2.75) is 38.7 Å². The Morgan fingerprint density at radius 1 is 1.40 bits per heavy atom. The maximum atomic E-state index is 11.4. The van der Waals surface area contributed by atoms with Crippen LogP contribution in [-0.2, 0) is 14.3 Å². The molecule has 86 valence electrons. The summed E-state index contributed by atoms with van der Waals surface area (Å²) in [5, 5.41) is 8.53. The van der Waals surface area contributed by atoms with Crippen LogP contribution in [0.2, 0.25) is 0 Å². The number of ketones is 1. The third kappa shape index (κ3) is 6.85. The van der Waals surface area contributed by atoms with Crippen molar-refractivity contribution in [3.05, 3.63) is 12.7 Å². The molecule has 4 heteroatoms. The van der Waals surface area contributed by atoms with Gasteiger partial charge in [-0.25, -0.2) is 4.79 Å². The van der Waals surface area contributed by atoms with Gasteiger partial charge in [0.05, 0.1) is 0 Å². The lowest BCUT2D eigenvalue weighted by Gasteiger charge is -2.10. The molecule has 0 aliphatic heterocycles. The molecule has 0 saturated heterocycles. The van der Waals surface area contributed by atoms with Crippen LogP contribution in [0.3, 0.4) is 0 Å². The van der Waals surface area contributed by atoms with Crippen LogP contribution < -0.4 is 0 Å². The molecule has 0 heterocycles. The summed E-state index contributed by atoms with van der Waals surface area (Å²) in [5.74, 6) is -0.672. The third-order valence-electron chi connectivity index (χ3n) is 1.99. The Hall–Kier alpha value is -1.16. The van der Waals surface area contributed by atoms with E-state index in [4.69, 9.17) is 9.84 Å². The maximum Gasteiger partial charge on any atom is 0.330 e. The van der Waals surface area contributed by atoms with Crippen molar-refractivity contribution in [2.24, 2.45) is 0 Å². The first kappa shape index (κ1) is 13.8. The van der Waals surface area contributed by atoms with Gasteiger partial charge in [0.2, 0.25) is 0 Å². The van der Waals surface area contributed by atoms with Crippen LogP contribution in [0, 0.1) is 0 Å². The molecule has 0 bridgehead atoms. The summed E-state index contributed by atoms with van der Waals surface area (Å²) in [6.07, 6.45) is 2.94. The first-order chi connectivity index (χ1) is 7.11. The zero-order valence-electron chi connectivity index (χ0n) is 9.07. The van der Waals surface area contributed by atoms with Gasteiger partial charge in [-0.15, -0.1) is 0 Å². The molecule has 1 N–H and O–H groups in total. The van der Waals surface area contributed by atoms with Crippen molar-refractivity contribution in [3.63, 3.8) is 0 Å². The summed E-state index contributed by atoms with van der Waals surface area (Å²) in [6, 6.07) is 0. The molecule has 0 fully saturated rings. The van der Waals surface area contributed by atoms with E-state index in [2.05, 4.69) is 6.58 Å². The second-order valence-electron chi connectivity index (χ2n) is 3.28.